The minimum atomic E-state index is -1.70. The van der Waals surface area contributed by atoms with Crippen molar-refractivity contribution in [2.75, 3.05) is 6.61 Å². The molecule has 0 heterocycles. The van der Waals surface area contributed by atoms with Crippen LogP contribution in [0.15, 0.2) is 0 Å². The Hall–Kier alpha value is -0.240. The lowest BCUT2D eigenvalue weighted by Crippen LogP contribution is -2.46. The molecule has 0 fully saturated rings. The molecule has 4 N–H and O–H groups in total. The minimum Gasteiger partial charge on any atom is -0.394 e. The van der Waals surface area contributed by atoms with Crippen LogP contribution >= 0.6 is 11.9 Å². The predicted octanol–water partition coefficient (Wildman–Crippen LogP) is -2.20. The van der Waals surface area contributed by atoms with E-state index in [9.17, 15) is 4.79 Å². The molecule has 7 heteroatoms. The van der Waals surface area contributed by atoms with Crippen molar-refractivity contribution in [2.45, 2.75) is 24.4 Å². The average molecular weight is 215 g/mol. The number of aliphatic hydroxyl groups excluding tert-OH is 4. The molecular formula is C6H11ClO6. The number of halogens is 1. The molecule has 0 radical (unpaired) electrons. The summed E-state index contributed by atoms with van der Waals surface area (Å²) in [6.07, 6.45) is -6.21. The van der Waals surface area contributed by atoms with E-state index in [1.807, 2.05) is 0 Å². The van der Waals surface area contributed by atoms with Crippen LogP contribution in [0.5, 0.6) is 0 Å². The third kappa shape index (κ3) is 3.55. The van der Waals surface area contributed by atoms with E-state index < -0.39 is 31.0 Å². The summed E-state index contributed by atoms with van der Waals surface area (Å²) < 4.78 is 3.98. The van der Waals surface area contributed by atoms with Crippen LogP contribution in [-0.4, -0.2) is 57.7 Å². The quantitative estimate of drug-likeness (QED) is 0.374. The zero-order chi connectivity index (χ0) is 10.4. The molecule has 0 amide bonds. The number of hydrogen-bond acceptors (Lipinski definition) is 6. The number of carbonyl (C=O) groups is 1. The predicted molar refractivity (Wildman–Crippen MR) is 41.9 cm³/mol. The van der Waals surface area contributed by atoms with Gasteiger partial charge in [0.2, 0.25) is 0 Å². The van der Waals surface area contributed by atoms with Crippen molar-refractivity contribution < 1.29 is 29.5 Å². The van der Waals surface area contributed by atoms with Gasteiger partial charge in [-0.1, -0.05) is 0 Å². The molecule has 6 nitrogen and oxygen atoms in total. The molecule has 4 atom stereocenters. The summed E-state index contributed by atoms with van der Waals surface area (Å²) in [6.45, 7) is -0.744. The Morgan fingerprint density at radius 1 is 1.31 bits per heavy atom. The van der Waals surface area contributed by atoms with Crippen LogP contribution in [-0.2, 0) is 9.08 Å². The van der Waals surface area contributed by atoms with Crippen molar-refractivity contribution in [3.63, 3.8) is 0 Å². The molecule has 78 valence electrons. The molecule has 0 aromatic carbocycles. The summed E-state index contributed by atoms with van der Waals surface area (Å²) >= 11 is 4.81. The van der Waals surface area contributed by atoms with Gasteiger partial charge in [-0.3, -0.25) is 4.29 Å². The van der Waals surface area contributed by atoms with Crippen molar-refractivity contribution in [2.24, 2.45) is 0 Å². The van der Waals surface area contributed by atoms with Crippen LogP contribution in [0, 0.1) is 0 Å². The molecule has 0 aliphatic carbocycles. The summed E-state index contributed by atoms with van der Waals surface area (Å²) in [5.41, 5.74) is 0. The van der Waals surface area contributed by atoms with Crippen LogP contribution in [0.2, 0.25) is 0 Å². The number of aliphatic hydroxyl groups is 4. The van der Waals surface area contributed by atoms with Gasteiger partial charge < -0.3 is 25.2 Å². The third-order valence-electron chi connectivity index (χ3n) is 1.50. The number of aldehydes is 1. The maximum Gasteiger partial charge on any atom is 0.162 e. The van der Waals surface area contributed by atoms with Gasteiger partial charge in [0.05, 0.1) is 18.5 Å². The number of carbonyl (C=O) groups excluding carboxylic acids is 1. The summed E-state index contributed by atoms with van der Waals surface area (Å²) in [7, 11) is 0. The van der Waals surface area contributed by atoms with E-state index in [-0.39, 0.29) is 6.29 Å². The second-order valence-electron chi connectivity index (χ2n) is 2.42. The Morgan fingerprint density at radius 2 is 1.85 bits per heavy atom. The first-order valence-electron chi connectivity index (χ1n) is 3.46. The highest BCUT2D eigenvalue weighted by Gasteiger charge is 2.31. The van der Waals surface area contributed by atoms with Crippen LogP contribution < -0.4 is 0 Å². The molecule has 0 unspecified atom stereocenters. The maximum absolute atomic E-state index is 10.2. The Labute approximate surface area is 79.5 Å². The number of rotatable bonds is 6. The topological polar surface area (TPSA) is 107 Å². The fourth-order valence-electron chi connectivity index (χ4n) is 0.684. The van der Waals surface area contributed by atoms with Gasteiger partial charge in [0, 0.05) is 0 Å². The largest absolute Gasteiger partial charge is 0.394 e. The van der Waals surface area contributed by atoms with E-state index in [0.29, 0.717) is 0 Å². The second-order valence-corrected chi connectivity index (χ2v) is 2.60. The van der Waals surface area contributed by atoms with Crippen LogP contribution in [0.3, 0.4) is 0 Å². The van der Waals surface area contributed by atoms with Crippen LogP contribution in [0.1, 0.15) is 0 Å². The molecule has 0 aliphatic heterocycles. The summed E-state index contributed by atoms with van der Waals surface area (Å²) in [6, 6.07) is 0. The molecule has 13 heavy (non-hydrogen) atoms. The Balaban J connectivity index is 4.21. The first kappa shape index (κ1) is 12.8. The van der Waals surface area contributed by atoms with Gasteiger partial charge in [-0.05, 0) is 0 Å². The third-order valence-corrected chi connectivity index (χ3v) is 1.71. The monoisotopic (exact) mass is 214 g/mol. The molecule has 0 rings (SSSR count). The molecule has 0 spiro atoms. The second kappa shape index (κ2) is 6.25. The molecule has 0 aliphatic rings. The van der Waals surface area contributed by atoms with Gasteiger partial charge in [0.15, 0.2) is 12.4 Å². The van der Waals surface area contributed by atoms with Gasteiger partial charge in [-0.15, -0.1) is 0 Å². The Bertz CT molecular complexity index is 154. The lowest BCUT2D eigenvalue weighted by atomic mass is 10.0. The van der Waals surface area contributed by atoms with Crippen molar-refractivity contribution >= 4 is 18.2 Å². The number of hydrogen-bond donors (Lipinski definition) is 4. The van der Waals surface area contributed by atoms with Gasteiger partial charge in [0.25, 0.3) is 0 Å². The Morgan fingerprint density at radius 3 is 2.15 bits per heavy atom. The first-order chi connectivity index (χ1) is 6.08. The lowest BCUT2D eigenvalue weighted by Gasteiger charge is -2.23. The van der Waals surface area contributed by atoms with Gasteiger partial charge >= 0.3 is 0 Å². The maximum atomic E-state index is 10.2. The van der Waals surface area contributed by atoms with E-state index in [1.54, 1.807) is 0 Å². The van der Waals surface area contributed by atoms with Crippen molar-refractivity contribution in [1.82, 2.24) is 0 Å². The smallest absolute Gasteiger partial charge is 0.162 e. The standard InChI is InChI=1S/C6H11ClO6/c7-13-4(2-9)6(12)5(11)3(10)1-8/h2-6,8,10-12H,1H2/t3-,4+,5-,6-/m1/s1. The van der Waals surface area contributed by atoms with E-state index >= 15 is 0 Å². The zero-order valence-corrected chi connectivity index (χ0v) is 7.33. The van der Waals surface area contributed by atoms with Crippen molar-refractivity contribution in [3.05, 3.63) is 0 Å². The van der Waals surface area contributed by atoms with Gasteiger partial charge in [-0.25, -0.2) is 0 Å². The van der Waals surface area contributed by atoms with E-state index in [1.165, 1.54) is 0 Å². The summed E-state index contributed by atoms with van der Waals surface area (Å²) in [4.78, 5) is 10.2. The van der Waals surface area contributed by atoms with Gasteiger partial charge in [-0.2, -0.15) is 0 Å². The molecule has 0 aromatic heterocycles. The highest BCUT2D eigenvalue weighted by Crippen LogP contribution is 2.07. The van der Waals surface area contributed by atoms with E-state index in [0.717, 1.165) is 0 Å². The fourth-order valence-corrected chi connectivity index (χ4v) is 0.832. The van der Waals surface area contributed by atoms with Gasteiger partial charge in [0.1, 0.15) is 18.3 Å². The van der Waals surface area contributed by atoms with Crippen molar-refractivity contribution in [3.8, 4) is 0 Å². The molecular weight excluding hydrogens is 204 g/mol. The fraction of sp³-hybridized carbons (Fsp3) is 0.833. The Kier molecular flexibility index (Phi) is 6.13. The van der Waals surface area contributed by atoms with Crippen molar-refractivity contribution in [1.29, 1.82) is 0 Å². The molecule has 0 bridgehead atoms. The average Bonchev–Trinajstić information content (AvgIpc) is 2.17. The lowest BCUT2D eigenvalue weighted by molar-refractivity contribution is -0.132. The van der Waals surface area contributed by atoms with Crippen LogP contribution in [0.25, 0.3) is 0 Å². The van der Waals surface area contributed by atoms with Crippen LogP contribution in [0.4, 0.5) is 0 Å². The van der Waals surface area contributed by atoms with E-state index in [4.69, 9.17) is 32.3 Å². The highest BCUT2D eigenvalue weighted by molar-refractivity contribution is 6.08. The first-order valence-corrected chi connectivity index (χ1v) is 3.77. The molecule has 0 saturated heterocycles. The summed E-state index contributed by atoms with van der Waals surface area (Å²) in [5.74, 6) is 0. The zero-order valence-electron chi connectivity index (χ0n) is 6.58. The van der Waals surface area contributed by atoms with E-state index in [2.05, 4.69) is 4.29 Å². The normalized spacial score (nSPS) is 20.4. The SMILES string of the molecule is O=C[C@H](OCl)[C@@H](O)[C@H](O)[C@H](O)CO. The molecule has 0 saturated carbocycles. The summed E-state index contributed by atoms with van der Waals surface area (Å²) in [5, 5.41) is 35.4. The highest BCUT2D eigenvalue weighted by atomic mass is 35.5. The molecule has 0 aromatic rings. The minimum absolute atomic E-state index is 0.172.